The lowest BCUT2D eigenvalue weighted by Crippen LogP contribution is -2.37. The molecule has 18 heavy (non-hydrogen) atoms. The SMILES string of the molecule is Cl.ClCC1=NC2(CCCCC2)Cc2ccccc21. The highest BCUT2D eigenvalue weighted by atomic mass is 35.5. The molecule has 0 unspecified atom stereocenters. The summed E-state index contributed by atoms with van der Waals surface area (Å²) < 4.78 is 0. The van der Waals surface area contributed by atoms with Gasteiger partial charge in [-0.1, -0.05) is 43.5 Å². The monoisotopic (exact) mass is 283 g/mol. The molecule has 0 atom stereocenters. The van der Waals surface area contributed by atoms with Crippen molar-refractivity contribution in [3.05, 3.63) is 35.4 Å². The van der Waals surface area contributed by atoms with Crippen molar-refractivity contribution in [2.45, 2.75) is 44.1 Å². The van der Waals surface area contributed by atoms with Crippen LogP contribution in [0.1, 0.15) is 43.2 Å². The van der Waals surface area contributed by atoms with Crippen molar-refractivity contribution >= 4 is 29.7 Å². The van der Waals surface area contributed by atoms with Crippen molar-refractivity contribution in [2.24, 2.45) is 4.99 Å². The Morgan fingerprint density at radius 2 is 1.83 bits per heavy atom. The molecule has 1 saturated carbocycles. The fourth-order valence-corrected chi connectivity index (χ4v) is 3.50. The Hall–Kier alpha value is -0.530. The first kappa shape index (κ1) is 13.9. The summed E-state index contributed by atoms with van der Waals surface area (Å²) in [5.41, 5.74) is 4.01. The van der Waals surface area contributed by atoms with Crippen molar-refractivity contribution in [3.8, 4) is 0 Å². The molecule has 1 heterocycles. The molecular weight excluding hydrogens is 265 g/mol. The zero-order chi connectivity index (χ0) is 11.7. The lowest BCUT2D eigenvalue weighted by Gasteiger charge is -2.38. The van der Waals surface area contributed by atoms with E-state index < -0.39 is 0 Å². The first-order valence-electron chi connectivity index (χ1n) is 6.56. The molecule has 98 valence electrons. The van der Waals surface area contributed by atoms with Crippen LogP contribution in [0.4, 0.5) is 0 Å². The lowest BCUT2D eigenvalue weighted by atomic mass is 9.75. The number of benzene rings is 1. The molecule has 3 rings (SSSR count). The van der Waals surface area contributed by atoms with Crippen LogP contribution in [0.2, 0.25) is 0 Å². The normalized spacial score (nSPS) is 20.8. The fourth-order valence-electron chi connectivity index (χ4n) is 3.30. The van der Waals surface area contributed by atoms with Gasteiger partial charge in [0, 0.05) is 5.56 Å². The van der Waals surface area contributed by atoms with Crippen molar-refractivity contribution in [1.29, 1.82) is 0 Å². The van der Waals surface area contributed by atoms with E-state index in [1.807, 2.05) is 0 Å². The van der Waals surface area contributed by atoms with E-state index in [9.17, 15) is 0 Å². The van der Waals surface area contributed by atoms with E-state index in [2.05, 4.69) is 24.3 Å². The van der Waals surface area contributed by atoms with Gasteiger partial charge in [0.05, 0.1) is 17.1 Å². The maximum absolute atomic E-state index is 6.08. The summed E-state index contributed by atoms with van der Waals surface area (Å²) in [4.78, 5) is 5.02. The summed E-state index contributed by atoms with van der Waals surface area (Å²) in [6.07, 6.45) is 7.60. The number of aliphatic imine (C=N–C) groups is 1. The minimum Gasteiger partial charge on any atom is -0.281 e. The van der Waals surface area contributed by atoms with Crippen molar-refractivity contribution in [2.75, 3.05) is 5.88 Å². The van der Waals surface area contributed by atoms with Crippen LogP contribution in [0.3, 0.4) is 0 Å². The van der Waals surface area contributed by atoms with E-state index in [1.165, 1.54) is 43.2 Å². The molecular formula is C15H19Cl2N. The maximum atomic E-state index is 6.08. The molecule has 0 N–H and O–H groups in total. The van der Waals surface area contributed by atoms with E-state index in [1.54, 1.807) is 0 Å². The predicted molar refractivity (Wildman–Crippen MR) is 80.5 cm³/mol. The molecule has 1 fully saturated rings. The lowest BCUT2D eigenvalue weighted by molar-refractivity contribution is 0.294. The second kappa shape index (κ2) is 5.63. The number of halogens is 2. The Balaban J connectivity index is 0.00000120. The quantitative estimate of drug-likeness (QED) is 0.678. The zero-order valence-corrected chi connectivity index (χ0v) is 12.1. The zero-order valence-electron chi connectivity index (χ0n) is 10.5. The van der Waals surface area contributed by atoms with Gasteiger partial charge >= 0.3 is 0 Å². The molecule has 0 aromatic heterocycles. The van der Waals surface area contributed by atoms with Crippen LogP contribution in [0.25, 0.3) is 0 Å². The predicted octanol–water partition coefficient (Wildman–Crippen LogP) is 4.40. The molecule has 2 aliphatic rings. The molecule has 1 aromatic carbocycles. The Morgan fingerprint density at radius 1 is 1.11 bits per heavy atom. The van der Waals surface area contributed by atoms with Gasteiger partial charge < -0.3 is 0 Å². The minimum absolute atomic E-state index is 0. The second-order valence-corrected chi connectivity index (χ2v) is 5.58. The summed E-state index contributed by atoms with van der Waals surface area (Å²) in [6.45, 7) is 0. The molecule has 0 saturated heterocycles. The molecule has 1 aliphatic carbocycles. The third-order valence-corrected chi connectivity index (χ3v) is 4.38. The molecule has 0 radical (unpaired) electrons. The van der Waals surface area contributed by atoms with E-state index in [0.29, 0.717) is 5.88 Å². The molecule has 0 amide bonds. The average Bonchev–Trinajstić information content (AvgIpc) is 2.38. The van der Waals surface area contributed by atoms with E-state index >= 15 is 0 Å². The van der Waals surface area contributed by atoms with Gasteiger partial charge in [-0.2, -0.15) is 0 Å². The Labute approximate surface area is 120 Å². The molecule has 1 aliphatic heterocycles. The molecule has 1 nitrogen and oxygen atoms in total. The average molecular weight is 284 g/mol. The van der Waals surface area contributed by atoms with E-state index in [-0.39, 0.29) is 17.9 Å². The van der Waals surface area contributed by atoms with Crippen LogP contribution in [-0.4, -0.2) is 17.1 Å². The van der Waals surface area contributed by atoms with Gasteiger partial charge in [0.2, 0.25) is 0 Å². The second-order valence-electron chi connectivity index (χ2n) is 5.31. The van der Waals surface area contributed by atoms with Crippen LogP contribution >= 0.6 is 24.0 Å². The van der Waals surface area contributed by atoms with Crippen LogP contribution in [0.15, 0.2) is 29.3 Å². The van der Waals surface area contributed by atoms with Crippen LogP contribution in [0.5, 0.6) is 0 Å². The largest absolute Gasteiger partial charge is 0.281 e. The topological polar surface area (TPSA) is 12.4 Å². The van der Waals surface area contributed by atoms with Crippen LogP contribution in [0, 0.1) is 0 Å². The summed E-state index contributed by atoms with van der Waals surface area (Å²) in [7, 11) is 0. The minimum atomic E-state index is 0. The van der Waals surface area contributed by atoms with Gasteiger partial charge in [-0.05, 0) is 24.8 Å². The first-order valence-corrected chi connectivity index (χ1v) is 7.09. The van der Waals surface area contributed by atoms with Gasteiger partial charge in [-0.3, -0.25) is 4.99 Å². The van der Waals surface area contributed by atoms with Crippen LogP contribution in [-0.2, 0) is 6.42 Å². The third kappa shape index (κ3) is 2.44. The highest BCUT2D eigenvalue weighted by molar-refractivity contribution is 6.32. The number of fused-ring (bicyclic) bond motifs is 1. The molecule has 3 heteroatoms. The van der Waals surface area contributed by atoms with Gasteiger partial charge in [0.1, 0.15) is 0 Å². The van der Waals surface area contributed by atoms with Crippen molar-refractivity contribution < 1.29 is 0 Å². The van der Waals surface area contributed by atoms with Crippen molar-refractivity contribution in [3.63, 3.8) is 0 Å². The number of nitrogens with zero attached hydrogens (tertiary/aromatic N) is 1. The summed E-state index contributed by atoms with van der Waals surface area (Å²) in [5.74, 6) is 0.540. The van der Waals surface area contributed by atoms with Crippen LogP contribution < -0.4 is 0 Å². The summed E-state index contributed by atoms with van der Waals surface area (Å²) >= 11 is 6.08. The Bertz CT molecular complexity index is 448. The molecule has 1 aromatic rings. The van der Waals surface area contributed by atoms with E-state index in [4.69, 9.17) is 16.6 Å². The Morgan fingerprint density at radius 3 is 2.56 bits per heavy atom. The van der Waals surface area contributed by atoms with Gasteiger partial charge in [-0.15, -0.1) is 24.0 Å². The Kier molecular flexibility index (Phi) is 4.34. The standard InChI is InChI=1S/C15H18ClN.ClH/c16-11-14-13-7-3-2-6-12(13)10-15(17-14)8-4-1-5-9-15;/h2-3,6-7H,1,4-5,8-11H2;1H. The maximum Gasteiger partial charge on any atom is 0.0652 e. The number of hydrogen-bond acceptors (Lipinski definition) is 1. The van der Waals surface area contributed by atoms with Gasteiger partial charge in [0.25, 0.3) is 0 Å². The third-order valence-electron chi connectivity index (χ3n) is 4.13. The van der Waals surface area contributed by atoms with Gasteiger partial charge in [0.15, 0.2) is 0 Å². The smallest absolute Gasteiger partial charge is 0.0652 e. The first-order chi connectivity index (χ1) is 8.33. The number of hydrogen-bond donors (Lipinski definition) is 0. The summed E-state index contributed by atoms with van der Waals surface area (Å²) in [5, 5.41) is 0. The van der Waals surface area contributed by atoms with Crippen molar-refractivity contribution in [1.82, 2.24) is 0 Å². The summed E-state index contributed by atoms with van der Waals surface area (Å²) in [6, 6.07) is 8.62. The van der Waals surface area contributed by atoms with E-state index in [0.717, 1.165) is 12.1 Å². The highest BCUT2D eigenvalue weighted by Gasteiger charge is 2.35. The van der Waals surface area contributed by atoms with Gasteiger partial charge in [-0.25, -0.2) is 0 Å². The number of rotatable bonds is 1. The molecule has 0 bridgehead atoms. The molecule has 1 spiro atoms. The highest BCUT2D eigenvalue weighted by Crippen LogP contribution is 2.38. The number of alkyl halides is 1. The fraction of sp³-hybridized carbons (Fsp3) is 0.533.